The molecular weight excluding hydrogens is 334 g/mol. The van der Waals surface area contributed by atoms with Gasteiger partial charge in [0.25, 0.3) is 0 Å². The van der Waals surface area contributed by atoms with Gasteiger partial charge in [0.15, 0.2) is 0 Å². The number of carbonyl (C=O) groups excluding carboxylic acids is 1. The average Bonchev–Trinajstić information content (AvgIpc) is 2.45. The van der Waals surface area contributed by atoms with Crippen molar-refractivity contribution in [3.63, 3.8) is 0 Å². The lowest BCUT2D eigenvalue weighted by Gasteiger charge is -2.11. The smallest absolute Gasteiger partial charge is 0.349 e. The molecule has 5 heteroatoms. The van der Waals surface area contributed by atoms with Gasteiger partial charge in [-0.25, -0.2) is 4.79 Å². The molecule has 0 amide bonds. The maximum absolute atomic E-state index is 11.8. The van der Waals surface area contributed by atoms with Crippen molar-refractivity contribution in [2.24, 2.45) is 0 Å². The molecule has 0 saturated carbocycles. The van der Waals surface area contributed by atoms with Crippen molar-refractivity contribution in [3.05, 3.63) is 52.0 Å². The van der Waals surface area contributed by atoms with Gasteiger partial charge in [0, 0.05) is 11.6 Å². The Morgan fingerprint density at radius 2 is 2.10 bits per heavy atom. The largest absolute Gasteiger partial charge is 0.456 e. The lowest BCUT2D eigenvalue weighted by molar-refractivity contribution is -0.145. The Balaban J connectivity index is 2.81. The molecule has 0 radical (unpaired) electrons. The van der Waals surface area contributed by atoms with Gasteiger partial charge in [-0.3, -0.25) is 0 Å². The second kappa shape index (κ2) is 9.11. The summed E-state index contributed by atoms with van der Waals surface area (Å²) in [5.41, 5.74) is 0.885. The number of allylic oxidation sites excluding steroid dienone is 2. The Hall–Kier alpha value is -1.90. The van der Waals surface area contributed by atoms with Gasteiger partial charge in [0.1, 0.15) is 17.7 Å². The number of nitrogens with zero attached hydrogens (tertiary/aromatic N) is 1. The quantitative estimate of drug-likeness (QED) is 0.341. The van der Waals surface area contributed by atoms with Crippen LogP contribution in [0, 0.1) is 11.3 Å². The van der Waals surface area contributed by atoms with Crippen LogP contribution in [0.3, 0.4) is 0 Å². The van der Waals surface area contributed by atoms with Crippen molar-refractivity contribution in [2.45, 2.75) is 13.0 Å². The van der Waals surface area contributed by atoms with Gasteiger partial charge in [-0.15, -0.1) is 0 Å². The topological polar surface area (TPSA) is 59.3 Å². The molecule has 0 bridgehead atoms. The minimum Gasteiger partial charge on any atom is -0.456 e. The molecule has 1 atom stereocenters. The summed E-state index contributed by atoms with van der Waals surface area (Å²) < 4.78 is 10.6. The Kier molecular flexibility index (Phi) is 7.44. The normalized spacial score (nSPS) is 13.4. The van der Waals surface area contributed by atoms with Crippen LogP contribution in [0.25, 0.3) is 6.08 Å². The van der Waals surface area contributed by atoms with E-state index in [0.29, 0.717) is 4.48 Å². The molecule has 0 aliphatic rings. The first-order valence-electron chi connectivity index (χ1n) is 6.30. The van der Waals surface area contributed by atoms with Gasteiger partial charge in [-0.2, -0.15) is 5.26 Å². The highest BCUT2D eigenvalue weighted by Gasteiger charge is 2.14. The summed E-state index contributed by atoms with van der Waals surface area (Å²) in [7, 11) is 1.52. The summed E-state index contributed by atoms with van der Waals surface area (Å²) >= 11 is 3.32. The lowest BCUT2D eigenvalue weighted by Crippen LogP contribution is -2.20. The van der Waals surface area contributed by atoms with Crippen molar-refractivity contribution < 1.29 is 14.3 Å². The Morgan fingerprint density at radius 3 is 2.67 bits per heavy atom. The second-order valence-electron chi connectivity index (χ2n) is 4.28. The fraction of sp³-hybridized carbons (Fsp3) is 0.250. The van der Waals surface area contributed by atoms with E-state index in [0.717, 1.165) is 5.56 Å². The molecule has 0 heterocycles. The lowest BCUT2D eigenvalue weighted by atomic mass is 10.2. The van der Waals surface area contributed by atoms with Crippen LogP contribution in [0.4, 0.5) is 0 Å². The van der Waals surface area contributed by atoms with E-state index >= 15 is 0 Å². The molecule has 0 spiro atoms. The molecule has 110 valence electrons. The summed E-state index contributed by atoms with van der Waals surface area (Å²) in [5.74, 6) is -0.666. The molecular formula is C16H16BrNO3. The zero-order valence-corrected chi connectivity index (χ0v) is 13.5. The van der Waals surface area contributed by atoms with Crippen molar-refractivity contribution in [2.75, 3.05) is 13.7 Å². The predicted octanol–water partition coefficient (Wildman–Crippen LogP) is 3.45. The highest BCUT2D eigenvalue weighted by Crippen LogP contribution is 2.16. The van der Waals surface area contributed by atoms with Crippen LogP contribution < -0.4 is 0 Å². The van der Waals surface area contributed by atoms with Crippen LogP contribution in [0.15, 0.2) is 46.5 Å². The second-order valence-corrected chi connectivity index (χ2v) is 5.20. The van der Waals surface area contributed by atoms with Gasteiger partial charge in [-0.1, -0.05) is 46.3 Å². The molecule has 0 aliphatic heterocycles. The standard InChI is InChI=1S/C16H16BrNO3/c1-12(11-20-2)21-16(19)14(10-18)9-15(17)8-13-6-4-3-5-7-13/h3-9,12H,11H2,1-2H3/b14-9+,15-8-/t12-/m0/s1. The first-order chi connectivity index (χ1) is 10.1. The van der Waals surface area contributed by atoms with E-state index < -0.39 is 12.1 Å². The van der Waals surface area contributed by atoms with E-state index in [-0.39, 0.29) is 12.2 Å². The number of esters is 1. The van der Waals surface area contributed by atoms with Gasteiger partial charge < -0.3 is 9.47 Å². The zero-order valence-electron chi connectivity index (χ0n) is 11.9. The van der Waals surface area contributed by atoms with Crippen LogP contribution in [-0.2, 0) is 14.3 Å². The fourth-order valence-electron chi connectivity index (χ4n) is 1.54. The fourth-order valence-corrected chi connectivity index (χ4v) is 2.03. The Labute approximate surface area is 132 Å². The molecule has 4 nitrogen and oxygen atoms in total. The molecule has 0 N–H and O–H groups in total. The van der Waals surface area contributed by atoms with E-state index in [1.54, 1.807) is 6.92 Å². The highest BCUT2D eigenvalue weighted by molar-refractivity contribution is 9.12. The molecule has 0 aliphatic carbocycles. The minimum atomic E-state index is -0.666. The van der Waals surface area contributed by atoms with Crippen LogP contribution in [0.5, 0.6) is 0 Å². The number of carbonyl (C=O) groups is 1. The van der Waals surface area contributed by atoms with E-state index in [1.165, 1.54) is 13.2 Å². The number of methoxy groups -OCH3 is 1. The molecule has 1 aromatic carbocycles. The maximum atomic E-state index is 11.8. The average molecular weight is 350 g/mol. The van der Waals surface area contributed by atoms with Gasteiger partial charge in [-0.05, 0) is 24.6 Å². The van der Waals surface area contributed by atoms with E-state index in [2.05, 4.69) is 15.9 Å². The van der Waals surface area contributed by atoms with Gasteiger partial charge in [0.05, 0.1) is 6.61 Å². The number of ether oxygens (including phenoxy) is 2. The third kappa shape index (κ3) is 6.39. The Bertz CT molecular complexity index is 573. The molecule has 0 aromatic heterocycles. The van der Waals surface area contributed by atoms with Crippen molar-refractivity contribution in [3.8, 4) is 6.07 Å². The number of hydrogen-bond donors (Lipinski definition) is 0. The van der Waals surface area contributed by atoms with E-state index in [4.69, 9.17) is 14.7 Å². The number of nitriles is 1. The summed E-state index contributed by atoms with van der Waals surface area (Å²) in [6.07, 6.45) is 2.84. The van der Waals surface area contributed by atoms with Gasteiger partial charge in [0.2, 0.25) is 0 Å². The SMILES string of the molecule is COC[C@H](C)OC(=O)/C(C#N)=C/C(Br)=C/c1ccccc1. The number of hydrogen-bond acceptors (Lipinski definition) is 4. The third-order valence-electron chi connectivity index (χ3n) is 2.44. The van der Waals surface area contributed by atoms with Crippen LogP contribution in [0.1, 0.15) is 12.5 Å². The Morgan fingerprint density at radius 1 is 1.43 bits per heavy atom. The first-order valence-corrected chi connectivity index (χ1v) is 7.10. The van der Waals surface area contributed by atoms with Crippen molar-refractivity contribution in [1.29, 1.82) is 5.26 Å². The maximum Gasteiger partial charge on any atom is 0.349 e. The molecule has 0 unspecified atom stereocenters. The number of halogens is 1. The molecule has 21 heavy (non-hydrogen) atoms. The molecule has 0 fully saturated rings. The monoisotopic (exact) mass is 349 g/mol. The van der Waals surface area contributed by atoms with E-state index in [9.17, 15) is 4.79 Å². The van der Waals surface area contributed by atoms with Crippen LogP contribution in [0.2, 0.25) is 0 Å². The summed E-state index contributed by atoms with van der Waals surface area (Å²) in [4.78, 5) is 11.8. The molecule has 1 aromatic rings. The molecule has 0 saturated heterocycles. The van der Waals surface area contributed by atoms with Crippen molar-refractivity contribution >= 4 is 28.0 Å². The molecule has 1 rings (SSSR count). The zero-order chi connectivity index (χ0) is 15.7. The van der Waals surface area contributed by atoms with Gasteiger partial charge >= 0.3 is 5.97 Å². The number of rotatable bonds is 6. The minimum absolute atomic E-state index is 0.0722. The summed E-state index contributed by atoms with van der Waals surface area (Å²) in [5, 5.41) is 9.06. The predicted molar refractivity (Wildman–Crippen MR) is 84.5 cm³/mol. The highest BCUT2D eigenvalue weighted by atomic mass is 79.9. The summed E-state index contributed by atoms with van der Waals surface area (Å²) in [6.45, 7) is 1.98. The summed E-state index contributed by atoms with van der Waals surface area (Å²) in [6, 6.07) is 11.4. The van der Waals surface area contributed by atoms with Crippen molar-refractivity contribution in [1.82, 2.24) is 0 Å². The third-order valence-corrected chi connectivity index (χ3v) is 2.89. The van der Waals surface area contributed by atoms with Crippen LogP contribution >= 0.6 is 15.9 Å². The number of benzene rings is 1. The van der Waals surface area contributed by atoms with Crippen LogP contribution in [-0.4, -0.2) is 25.8 Å². The first kappa shape index (κ1) is 17.2. The van der Waals surface area contributed by atoms with E-state index in [1.807, 2.05) is 42.5 Å².